The fourth-order valence-corrected chi connectivity index (χ4v) is 3.07. The molecule has 0 saturated heterocycles. The second-order valence-corrected chi connectivity index (χ2v) is 6.03. The van der Waals surface area contributed by atoms with E-state index in [1.807, 2.05) is 0 Å². The molecule has 0 saturated carbocycles. The summed E-state index contributed by atoms with van der Waals surface area (Å²) in [6.45, 7) is 1.63. The van der Waals surface area contributed by atoms with E-state index in [4.69, 9.17) is 11.6 Å². The van der Waals surface area contributed by atoms with Crippen molar-refractivity contribution in [1.29, 1.82) is 0 Å². The van der Waals surface area contributed by atoms with Gasteiger partial charge in [0, 0.05) is 10.4 Å². The molecule has 1 aromatic carbocycles. The second-order valence-electron chi connectivity index (χ2n) is 2.79. The van der Waals surface area contributed by atoms with Gasteiger partial charge in [-0.05, 0) is 23.8 Å². The van der Waals surface area contributed by atoms with Crippen LogP contribution < -0.4 is 0 Å². The first-order valence-electron chi connectivity index (χ1n) is 4.08. The van der Waals surface area contributed by atoms with E-state index >= 15 is 0 Å². The monoisotopic (exact) mass is 296 g/mol. The van der Waals surface area contributed by atoms with Gasteiger partial charge in [0.25, 0.3) is 0 Å². The van der Waals surface area contributed by atoms with Crippen LogP contribution in [0.15, 0.2) is 23.1 Å². The SMILES string of the molecule is CCS(=O)(=O)c1ccc(Cl)cc1CBr. The Bertz CT molecular complexity index is 428. The number of halogens is 2. The van der Waals surface area contributed by atoms with Gasteiger partial charge in [-0.15, -0.1) is 0 Å². The molecule has 0 fully saturated rings. The summed E-state index contributed by atoms with van der Waals surface area (Å²) in [5.74, 6) is 0.106. The van der Waals surface area contributed by atoms with Crippen LogP contribution in [0.2, 0.25) is 5.02 Å². The Hall–Kier alpha value is -0.0600. The molecule has 0 bridgehead atoms. The minimum atomic E-state index is -3.15. The lowest BCUT2D eigenvalue weighted by Crippen LogP contribution is -2.06. The highest BCUT2D eigenvalue weighted by Gasteiger charge is 2.15. The summed E-state index contributed by atoms with van der Waals surface area (Å²) in [5, 5.41) is 1.04. The number of hydrogen-bond donors (Lipinski definition) is 0. The normalized spacial score (nSPS) is 11.6. The van der Waals surface area contributed by atoms with E-state index < -0.39 is 9.84 Å². The van der Waals surface area contributed by atoms with Gasteiger partial charge in [-0.2, -0.15) is 0 Å². The van der Waals surface area contributed by atoms with Crippen LogP contribution in [0.3, 0.4) is 0 Å². The van der Waals surface area contributed by atoms with Crippen molar-refractivity contribution in [3.05, 3.63) is 28.8 Å². The molecule has 1 aromatic rings. The Balaban J connectivity index is 3.35. The minimum Gasteiger partial charge on any atom is -0.224 e. The third-order valence-corrected chi connectivity index (χ3v) is 4.55. The minimum absolute atomic E-state index is 0.106. The lowest BCUT2D eigenvalue weighted by molar-refractivity contribution is 0.596. The van der Waals surface area contributed by atoms with Crippen molar-refractivity contribution in [2.24, 2.45) is 0 Å². The average Bonchev–Trinajstić information content (AvgIpc) is 2.17. The predicted molar refractivity (Wildman–Crippen MR) is 61.8 cm³/mol. The van der Waals surface area contributed by atoms with Crippen LogP contribution in [0.1, 0.15) is 12.5 Å². The van der Waals surface area contributed by atoms with Crippen molar-refractivity contribution >= 4 is 37.4 Å². The van der Waals surface area contributed by atoms with Crippen LogP contribution in [-0.2, 0) is 15.2 Å². The van der Waals surface area contributed by atoms with Crippen molar-refractivity contribution in [2.45, 2.75) is 17.1 Å². The molecule has 0 spiro atoms. The van der Waals surface area contributed by atoms with E-state index in [-0.39, 0.29) is 5.75 Å². The van der Waals surface area contributed by atoms with Gasteiger partial charge in [0.05, 0.1) is 10.6 Å². The van der Waals surface area contributed by atoms with E-state index in [2.05, 4.69) is 15.9 Å². The number of rotatable bonds is 3. The number of hydrogen-bond acceptors (Lipinski definition) is 2. The molecule has 0 radical (unpaired) electrons. The lowest BCUT2D eigenvalue weighted by Gasteiger charge is -2.06. The van der Waals surface area contributed by atoms with E-state index in [1.54, 1.807) is 25.1 Å². The van der Waals surface area contributed by atoms with E-state index in [9.17, 15) is 8.42 Å². The van der Waals surface area contributed by atoms with Gasteiger partial charge in [0.15, 0.2) is 9.84 Å². The summed E-state index contributed by atoms with van der Waals surface area (Å²) in [6.07, 6.45) is 0. The molecule has 0 N–H and O–H groups in total. The van der Waals surface area contributed by atoms with Crippen molar-refractivity contribution < 1.29 is 8.42 Å². The highest BCUT2D eigenvalue weighted by molar-refractivity contribution is 9.08. The Morgan fingerprint density at radius 3 is 2.57 bits per heavy atom. The fourth-order valence-electron chi connectivity index (χ4n) is 1.11. The van der Waals surface area contributed by atoms with E-state index in [0.717, 1.165) is 0 Å². The summed E-state index contributed by atoms with van der Waals surface area (Å²) in [5.41, 5.74) is 0.708. The molecule has 78 valence electrons. The first-order valence-corrected chi connectivity index (χ1v) is 7.23. The van der Waals surface area contributed by atoms with Crippen LogP contribution >= 0.6 is 27.5 Å². The first kappa shape index (κ1) is 12.0. The van der Waals surface area contributed by atoms with Crippen LogP contribution in [0.5, 0.6) is 0 Å². The van der Waals surface area contributed by atoms with Crippen LogP contribution in [0.4, 0.5) is 0 Å². The molecule has 0 unspecified atom stereocenters. The number of sulfone groups is 1. The fraction of sp³-hybridized carbons (Fsp3) is 0.333. The summed E-state index contributed by atoms with van der Waals surface area (Å²) < 4.78 is 23.3. The van der Waals surface area contributed by atoms with Gasteiger partial charge in [-0.3, -0.25) is 0 Å². The molecule has 0 aromatic heterocycles. The molecule has 0 aliphatic rings. The van der Waals surface area contributed by atoms with E-state index in [1.165, 1.54) is 0 Å². The molecule has 0 amide bonds. The van der Waals surface area contributed by atoms with Crippen molar-refractivity contribution in [3.63, 3.8) is 0 Å². The molecular formula is C9H10BrClO2S. The maximum absolute atomic E-state index is 11.6. The third kappa shape index (κ3) is 2.49. The molecule has 5 heteroatoms. The van der Waals surface area contributed by atoms with Crippen molar-refractivity contribution in [1.82, 2.24) is 0 Å². The molecule has 0 heterocycles. The van der Waals surface area contributed by atoms with Gasteiger partial charge in [-0.1, -0.05) is 34.5 Å². The number of benzene rings is 1. The Morgan fingerprint density at radius 2 is 2.07 bits per heavy atom. The van der Waals surface area contributed by atoms with E-state index in [0.29, 0.717) is 20.8 Å². The quantitative estimate of drug-likeness (QED) is 0.804. The second kappa shape index (κ2) is 4.64. The lowest BCUT2D eigenvalue weighted by atomic mass is 10.2. The zero-order valence-corrected chi connectivity index (χ0v) is 10.8. The van der Waals surface area contributed by atoms with Gasteiger partial charge in [0.2, 0.25) is 0 Å². The Labute approximate surface area is 97.3 Å². The van der Waals surface area contributed by atoms with Gasteiger partial charge in [-0.25, -0.2) is 8.42 Å². The highest BCUT2D eigenvalue weighted by atomic mass is 79.9. The van der Waals surface area contributed by atoms with Crippen LogP contribution in [0, 0.1) is 0 Å². The van der Waals surface area contributed by atoms with Gasteiger partial charge in [0.1, 0.15) is 0 Å². The number of alkyl halides is 1. The molecule has 0 aliphatic heterocycles. The predicted octanol–water partition coefficient (Wildman–Crippen LogP) is 3.03. The summed E-state index contributed by atoms with van der Waals surface area (Å²) in [4.78, 5) is 0.362. The largest absolute Gasteiger partial charge is 0.224 e. The summed E-state index contributed by atoms with van der Waals surface area (Å²) in [6, 6.07) is 4.81. The van der Waals surface area contributed by atoms with Crippen molar-refractivity contribution in [3.8, 4) is 0 Å². The molecule has 0 atom stereocenters. The van der Waals surface area contributed by atoms with Crippen LogP contribution in [0.25, 0.3) is 0 Å². The maximum atomic E-state index is 11.6. The molecule has 14 heavy (non-hydrogen) atoms. The molecule has 1 rings (SSSR count). The highest BCUT2D eigenvalue weighted by Crippen LogP contribution is 2.23. The topological polar surface area (TPSA) is 34.1 Å². The average molecular weight is 298 g/mol. The molecule has 2 nitrogen and oxygen atoms in total. The first-order chi connectivity index (χ1) is 6.51. The third-order valence-electron chi connectivity index (χ3n) is 1.88. The standard InChI is InChI=1S/C9H10BrClO2S/c1-2-14(12,13)9-4-3-8(11)5-7(9)6-10/h3-5H,2,6H2,1H3. The van der Waals surface area contributed by atoms with Gasteiger partial charge >= 0.3 is 0 Å². The molecule has 0 aliphatic carbocycles. The van der Waals surface area contributed by atoms with Crippen molar-refractivity contribution in [2.75, 3.05) is 5.75 Å². The smallest absolute Gasteiger partial charge is 0.178 e. The zero-order valence-electron chi connectivity index (χ0n) is 7.63. The zero-order chi connectivity index (χ0) is 10.8. The summed E-state index contributed by atoms with van der Waals surface area (Å²) >= 11 is 9.01. The molecular weight excluding hydrogens is 288 g/mol. The maximum Gasteiger partial charge on any atom is 0.178 e. The Morgan fingerprint density at radius 1 is 1.43 bits per heavy atom. The van der Waals surface area contributed by atoms with Gasteiger partial charge < -0.3 is 0 Å². The Kier molecular flexibility index (Phi) is 3.98. The van der Waals surface area contributed by atoms with Crippen LogP contribution in [-0.4, -0.2) is 14.2 Å². The summed E-state index contributed by atoms with van der Waals surface area (Å²) in [7, 11) is -3.15.